The van der Waals surface area contributed by atoms with Crippen molar-refractivity contribution in [2.24, 2.45) is 0 Å². The largest absolute Gasteiger partial charge is 0.447 e. The SMILES string of the molecule is CC(C)(C)[SiH2]OC(c1ccccc1)(c1ccccc1)C1(C)COC(=O)N1. The lowest BCUT2D eigenvalue weighted by Gasteiger charge is -2.47. The first-order valence-electron chi connectivity index (χ1n) is 8.97. The predicted molar refractivity (Wildman–Crippen MR) is 106 cm³/mol. The smallest absolute Gasteiger partial charge is 0.407 e. The fraction of sp³-hybridized carbons (Fsp3) is 0.381. The Morgan fingerprint density at radius 1 is 1.00 bits per heavy atom. The minimum absolute atomic E-state index is 0.106. The van der Waals surface area contributed by atoms with Crippen LogP contribution >= 0.6 is 0 Å². The molecule has 138 valence electrons. The van der Waals surface area contributed by atoms with Crippen LogP contribution in [-0.2, 0) is 14.8 Å². The summed E-state index contributed by atoms with van der Waals surface area (Å²) >= 11 is 0. The van der Waals surface area contributed by atoms with Gasteiger partial charge in [0.25, 0.3) is 0 Å². The number of carbonyl (C=O) groups is 1. The van der Waals surface area contributed by atoms with Crippen molar-refractivity contribution >= 4 is 15.9 Å². The number of alkyl carbamates (subject to hydrolysis) is 1. The van der Waals surface area contributed by atoms with Gasteiger partial charge in [0.05, 0.1) is 0 Å². The van der Waals surface area contributed by atoms with Gasteiger partial charge in [0, 0.05) is 0 Å². The normalized spacial score (nSPS) is 21.0. The summed E-state index contributed by atoms with van der Waals surface area (Å²) in [6.45, 7) is 8.87. The molecule has 1 amide bonds. The quantitative estimate of drug-likeness (QED) is 0.817. The van der Waals surface area contributed by atoms with Crippen LogP contribution in [-0.4, -0.2) is 28.0 Å². The van der Waals surface area contributed by atoms with Gasteiger partial charge < -0.3 is 14.5 Å². The molecule has 1 unspecified atom stereocenters. The van der Waals surface area contributed by atoms with E-state index in [0.29, 0.717) is 0 Å². The second kappa shape index (κ2) is 6.89. The number of rotatable bonds is 5. The van der Waals surface area contributed by atoms with Gasteiger partial charge in [-0.05, 0) is 23.1 Å². The van der Waals surface area contributed by atoms with E-state index < -0.39 is 27.0 Å². The Bertz CT molecular complexity index is 718. The molecule has 1 N–H and O–H groups in total. The van der Waals surface area contributed by atoms with Crippen LogP contribution < -0.4 is 5.32 Å². The van der Waals surface area contributed by atoms with Crippen LogP contribution in [0.5, 0.6) is 0 Å². The standard InChI is InChI=1S/C21H27NO3Si/c1-19(2,3)26-25-21(16-11-7-5-8-12-16,17-13-9-6-10-14-17)20(4)15-24-18(23)22-20/h5-14H,15,26H2,1-4H3,(H,22,23). The number of cyclic esters (lactones) is 1. The summed E-state index contributed by atoms with van der Waals surface area (Å²) < 4.78 is 12.2. The maximum atomic E-state index is 12.0. The Balaban J connectivity index is 2.22. The van der Waals surface area contributed by atoms with Crippen molar-refractivity contribution < 1.29 is 14.0 Å². The predicted octanol–water partition coefficient (Wildman–Crippen LogP) is 3.75. The number of ether oxygens (including phenoxy) is 1. The molecule has 26 heavy (non-hydrogen) atoms. The van der Waals surface area contributed by atoms with E-state index >= 15 is 0 Å². The van der Waals surface area contributed by atoms with E-state index in [9.17, 15) is 4.79 Å². The van der Waals surface area contributed by atoms with Crippen LogP contribution in [0.3, 0.4) is 0 Å². The third kappa shape index (κ3) is 3.41. The molecular weight excluding hydrogens is 342 g/mol. The average Bonchev–Trinajstić information content (AvgIpc) is 2.96. The zero-order valence-corrected chi connectivity index (χ0v) is 17.3. The lowest BCUT2D eigenvalue weighted by molar-refractivity contribution is 0.0135. The first-order valence-corrected chi connectivity index (χ1v) is 10.3. The molecule has 1 saturated heterocycles. The van der Waals surface area contributed by atoms with E-state index in [1.54, 1.807) is 0 Å². The highest BCUT2D eigenvalue weighted by atomic mass is 28.2. The lowest BCUT2D eigenvalue weighted by Crippen LogP contribution is -2.61. The molecule has 0 bridgehead atoms. The average molecular weight is 370 g/mol. The van der Waals surface area contributed by atoms with Gasteiger partial charge in [0.2, 0.25) is 0 Å². The first kappa shape index (κ1) is 18.7. The van der Waals surface area contributed by atoms with Crippen molar-refractivity contribution in [3.8, 4) is 0 Å². The summed E-state index contributed by atoms with van der Waals surface area (Å²) in [5.74, 6) is 0. The molecule has 1 aliphatic rings. The summed E-state index contributed by atoms with van der Waals surface area (Å²) in [6, 6.07) is 20.3. The van der Waals surface area contributed by atoms with Crippen molar-refractivity contribution in [1.29, 1.82) is 0 Å². The van der Waals surface area contributed by atoms with Gasteiger partial charge in [-0.25, -0.2) is 4.79 Å². The zero-order valence-electron chi connectivity index (χ0n) is 15.9. The number of amides is 1. The van der Waals surface area contributed by atoms with Gasteiger partial charge in [0.15, 0.2) is 9.76 Å². The minimum atomic E-state index is -0.937. The van der Waals surface area contributed by atoms with Crippen molar-refractivity contribution in [3.63, 3.8) is 0 Å². The second-order valence-electron chi connectivity index (χ2n) is 8.30. The summed E-state index contributed by atoms with van der Waals surface area (Å²) in [5.41, 5.74) is 0.541. The van der Waals surface area contributed by atoms with E-state index in [1.807, 2.05) is 43.3 Å². The molecular formula is C21H27NO3Si. The van der Waals surface area contributed by atoms with Crippen LogP contribution in [0.15, 0.2) is 60.7 Å². The molecule has 2 aromatic carbocycles. The summed E-state index contributed by atoms with van der Waals surface area (Å²) in [5, 5.41) is 3.15. The minimum Gasteiger partial charge on any atom is -0.447 e. The van der Waals surface area contributed by atoms with Gasteiger partial charge in [-0.1, -0.05) is 81.4 Å². The highest BCUT2D eigenvalue weighted by Gasteiger charge is 2.56. The van der Waals surface area contributed by atoms with Crippen molar-refractivity contribution in [2.75, 3.05) is 6.61 Å². The van der Waals surface area contributed by atoms with Gasteiger partial charge in [-0.2, -0.15) is 0 Å². The zero-order chi connectivity index (χ0) is 18.8. The number of carbonyl (C=O) groups excluding carboxylic acids is 1. The highest BCUT2D eigenvalue weighted by molar-refractivity contribution is 6.32. The van der Waals surface area contributed by atoms with E-state index in [2.05, 4.69) is 50.4 Å². The molecule has 0 spiro atoms. The fourth-order valence-corrected chi connectivity index (χ4v) is 4.80. The number of benzene rings is 2. The molecule has 3 rings (SSSR count). The van der Waals surface area contributed by atoms with Crippen LogP contribution in [0, 0.1) is 0 Å². The van der Waals surface area contributed by atoms with Crippen LogP contribution in [0.25, 0.3) is 0 Å². The van der Waals surface area contributed by atoms with Crippen molar-refractivity contribution in [1.82, 2.24) is 5.32 Å². The van der Waals surface area contributed by atoms with E-state index in [0.717, 1.165) is 11.1 Å². The molecule has 1 atom stereocenters. The fourth-order valence-electron chi connectivity index (χ4n) is 3.50. The third-order valence-electron chi connectivity index (χ3n) is 4.73. The summed E-state index contributed by atoms with van der Waals surface area (Å²) in [4.78, 5) is 12.0. The van der Waals surface area contributed by atoms with Crippen molar-refractivity contribution in [2.45, 2.75) is 43.9 Å². The Morgan fingerprint density at radius 3 is 1.88 bits per heavy atom. The Morgan fingerprint density at radius 2 is 1.50 bits per heavy atom. The molecule has 5 heteroatoms. The van der Waals surface area contributed by atoms with E-state index in [4.69, 9.17) is 9.16 Å². The Kier molecular flexibility index (Phi) is 4.95. The molecule has 4 nitrogen and oxygen atoms in total. The van der Waals surface area contributed by atoms with Crippen LogP contribution in [0.4, 0.5) is 4.79 Å². The van der Waals surface area contributed by atoms with Crippen LogP contribution in [0.1, 0.15) is 38.8 Å². The third-order valence-corrected chi connectivity index (χ3v) is 6.17. The lowest BCUT2D eigenvalue weighted by atomic mass is 9.72. The van der Waals surface area contributed by atoms with Gasteiger partial charge >= 0.3 is 6.09 Å². The molecule has 1 fully saturated rings. The van der Waals surface area contributed by atoms with Crippen molar-refractivity contribution in [3.05, 3.63) is 71.8 Å². The first-order chi connectivity index (χ1) is 12.3. The Labute approximate surface area is 157 Å². The van der Waals surface area contributed by atoms with Gasteiger partial charge in [0.1, 0.15) is 17.7 Å². The maximum Gasteiger partial charge on any atom is 0.407 e. The molecule has 1 aliphatic heterocycles. The van der Waals surface area contributed by atoms with E-state index in [-0.39, 0.29) is 11.6 Å². The van der Waals surface area contributed by atoms with Crippen LogP contribution in [0.2, 0.25) is 5.04 Å². The summed E-state index contributed by atoms with van der Waals surface area (Å²) in [7, 11) is -0.937. The highest BCUT2D eigenvalue weighted by Crippen LogP contribution is 2.45. The molecule has 0 aromatic heterocycles. The summed E-state index contributed by atoms with van der Waals surface area (Å²) in [6.07, 6.45) is -0.398. The van der Waals surface area contributed by atoms with Gasteiger partial charge in [-0.15, -0.1) is 0 Å². The number of hydrogen-bond donors (Lipinski definition) is 1. The number of nitrogens with one attached hydrogen (secondary N) is 1. The molecule has 2 aromatic rings. The molecule has 0 aliphatic carbocycles. The molecule has 1 heterocycles. The van der Waals surface area contributed by atoms with E-state index in [1.165, 1.54) is 0 Å². The second-order valence-corrected chi connectivity index (χ2v) is 11.0. The monoisotopic (exact) mass is 369 g/mol. The topological polar surface area (TPSA) is 47.6 Å². The molecule has 0 saturated carbocycles. The maximum absolute atomic E-state index is 12.0. The van der Waals surface area contributed by atoms with Gasteiger partial charge in [-0.3, -0.25) is 0 Å². The molecule has 0 radical (unpaired) electrons. The number of hydrogen-bond acceptors (Lipinski definition) is 3. The Hall–Kier alpha value is -2.11.